The average molecular weight is 702 g/mol. The summed E-state index contributed by atoms with van der Waals surface area (Å²) in [5.74, 6) is -0.189. The normalized spacial score (nSPS) is 14.9. The van der Waals surface area contributed by atoms with Gasteiger partial charge in [0.25, 0.3) is 0 Å². The number of phosphoric ester groups is 1. The van der Waals surface area contributed by atoms with Crippen LogP contribution in [0.15, 0.2) is 24.3 Å². The summed E-state index contributed by atoms with van der Waals surface area (Å²) in [6.45, 7) is 4.76. The Morgan fingerprint density at radius 2 is 1.15 bits per heavy atom. The van der Waals surface area contributed by atoms with Crippen molar-refractivity contribution in [1.29, 1.82) is 0 Å². The van der Waals surface area contributed by atoms with Crippen LogP contribution in [0, 0.1) is 0 Å². The van der Waals surface area contributed by atoms with E-state index in [4.69, 9.17) is 9.05 Å². The fourth-order valence-corrected chi connectivity index (χ4v) is 6.20. The zero-order chi connectivity index (χ0) is 35.8. The quantitative estimate of drug-likeness (QED) is 0.0263. The number of quaternary nitrogens is 1. The number of carbonyl (C=O) groups is 1. The second-order valence-corrected chi connectivity index (χ2v) is 16.1. The number of rotatable bonds is 35. The van der Waals surface area contributed by atoms with Crippen LogP contribution in [0.25, 0.3) is 0 Å². The molecule has 48 heavy (non-hydrogen) atoms. The van der Waals surface area contributed by atoms with Crippen LogP contribution in [-0.4, -0.2) is 73.4 Å². The number of hydrogen-bond acceptors (Lipinski definition) is 5. The molecule has 0 aromatic rings. The number of aliphatic hydroxyl groups is 1. The van der Waals surface area contributed by atoms with E-state index in [0.29, 0.717) is 17.4 Å². The second-order valence-electron chi connectivity index (χ2n) is 14.7. The highest BCUT2D eigenvalue weighted by molar-refractivity contribution is 7.47. The van der Waals surface area contributed by atoms with Gasteiger partial charge in [-0.3, -0.25) is 13.8 Å². The van der Waals surface area contributed by atoms with Crippen molar-refractivity contribution in [1.82, 2.24) is 5.32 Å². The van der Waals surface area contributed by atoms with E-state index in [9.17, 15) is 19.4 Å². The third kappa shape index (κ3) is 33.5. The minimum absolute atomic E-state index is 0.0578. The predicted molar refractivity (Wildman–Crippen MR) is 203 cm³/mol. The molecular formula is C39H78N2O6P+. The van der Waals surface area contributed by atoms with Crippen LogP contribution in [-0.2, 0) is 18.4 Å². The molecule has 0 aliphatic carbocycles. The zero-order valence-electron chi connectivity index (χ0n) is 32.0. The molecule has 1 unspecified atom stereocenters. The molecule has 0 fully saturated rings. The summed E-state index contributed by atoms with van der Waals surface area (Å²) in [7, 11) is 1.56. The number of phosphoric acid groups is 1. The number of aliphatic hydroxyl groups excluding tert-OH is 1. The topological polar surface area (TPSA) is 105 Å². The van der Waals surface area contributed by atoms with Gasteiger partial charge in [-0.25, -0.2) is 4.57 Å². The van der Waals surface area contributed by atoms with Crippen LogP contribution in [0.4, 0.5) is 0 Å². The number of hydrogen-bond donors (Lipinski definition) is 3. The molecular weight excluding hydrogens is 623 g/mol. The third-order valence-corrected chi connectivity index (χ3v) is 9.66. The van der Waals surface area contributed by atoms with Gasteiger partial charge < -0.3 is 19.8 Å². The van der Waals surface area contributed by atoms with Gasteiger partial charge in [-0.15, -0.1) is 0 Å². The molecule has 0 heterocycles. The van der Waals surface area contributed by atoms with E-state index in [2.05, 4.69) is 31.3 Å². The number of nitrogens with one attached hydrogen (secondary N) is 1. The maximum Gasteiger partial charge on any atom is 0.472 e. The van der Waals surface area contributed by atoms with Gasteiger partial charge in [-0.05, 0) is 32.1 Å². The lowest BCUT2D eigenvalue weighted by Crippen LogP contribution is -2.45. The second kappa shape index (κ2) is 31.9. The number of allylic oxidation sites excluding steroid dienone is 3. The Hall–Kier alpha value is -1.02. The molecule has 0 rings (SSSR count). The zero-order valence-corrected chi connectivity index (χ0v) is 32.9. The van der Waals surface area contributed by atoms with Crippen molar-refractivity contribution < 1.29 is 32.9 Å². The molecule has 0 saturated heterocycles. The molecule has 1 amide bonds. The lowest BCUT2D eigenvalue weighted by molar-refractivity contribution is -0.870. The van der Waals surface area contributed by atoms with Gasteiger partial charge in [-0.1, -0.05) is 154 Å². The molecule has 0 aliphatic heterocycles. The number of amides is 1. The van der Waals surface area contributed by atoms with Crippen LogP contribution in [0.3, 0.4) is 0 Å². The van der Waals surface area contributed by atoms with Gasteiger partial charge >= 0.3 is 7.82 Å². The average Bonchev–Trinajstić information content (AvgIpc) is 3.02. The Labute approximate surface area is 296 Å². The molecule has 284 valence electrons. The molecule has 0 spiro atoms. The summed E-state index contributed by atoms with van der Waals surface area (Å²) in [4.78, 5) is 23.0. The van der Waals surface area contributed by atoms with Gasteiger partial charge in [0.1, 0.15) is 13.2 Å². The van der Waals surface area contributed by atoms with E-state index in [0.717, 1.165) is 38.5 Å². The first-order valence-corrected chi connectivity index (χ1v) is 21.2. The van der Waals surface area contributed by atoms with Crippen molar-refractivity contribution in [3.05, 3.63) is 24.3 Å². The Balaban J connectivity index is 4.56. The number of carbonyl (C=O) groups excluding carboxylic acids is 1. The third-order valence-electron chi connectivity index (χ3n) is 8.67. The predicted octanol–water partition coefficient (Wildman–Crippen LogP) is 10.2. The Morgan fingerprint density at radius 3 is 1.67 bits per heavy atom. The molecule has 0 aromatic heterocycles. The standard InChI is InChI=1S/C39H77N2O6P/c1-6-8-10-12-14-16-18-20-22-24-26-28-30-32-38(42)37(36-47-48(44,45)46-35-34-41(3,4)5)40-39(43)33-31-29-27-25-23-21-19-17-15-13-11-9-7-2/h22,24,30,32,37-38,42H,6-21,23,25-29,31,33-36H2,1-5H3,(H-,40,43,44,45)/p+1/b24-22+,32-30+/t37-,38+/m0/s1. The van der Waals surface area contributed by atoms with Gasteiger partial charge in [0.15, 0.2) is 0 Å². The maximum atomic E-state index is 12.8. The van der Waals surface area contributed by atoms with Gasteiger partial charge in [-0.2, -0.15) is 0 Å². The van der Waals surface area contributed by atoms with Gasteiger partial charge in [0.05, 0.1) is 39.9 Å². The van der Waals surface area contributed by atoms with Gasteiger partial charge in [0, 0.05) is 6.42 Å². The van der Waals surface area contributed by atoms with Crippen LogP contribution in [0.5, 0.6) is 0 Å². The minimum Gasteiger partial charge on any atom is -0.387 e. The molecule has 9 heteroatoms. The van der Waals surface area contributed by atoms with E-state index >= 15 is 0 Å². The summed E-state index contributed by atoms with van der Waals surface area (Å²) in [6, 6.07) is -0.855. The lowest BCUT2D eigenvalue weighted by atomic mass is 10.0. The Morgan fingerprint density at radius 1 is 0.688 bits per heavy atom. The Kier molecular flexibility index (Phi) is 31.2. The monoisotopic (exact) mass is 702 g/mol. The van der Waals surface area contributed by atoms with E-state index in [-0.39, 0.29) is 19.1 Å². The summed E-state index contributed by atoms with van der Waals surface area (Å²) in [6.07, 6.45) is 35.2. The van der Waals surface area contributed by atoms with E-state index in [1.165, 1.54) is 109 Å². The van der Waals surface area contributed by atoms with Crippen molar-refractivity contribution in [2.45, 2.75) is 180 Å². The number of nitrogens with zero attached hydrogens (tertiary/aromatic N) is 1. The summed E-state index contributed by atoms with van der Waals surface area (Å²) < 4.78 is 23.4. The van der Waals surface area contributed by atoms with Crippen molar-refractivity contribution in [2.75, 3.05) is 40.9 Å². The first kappa shape index (κ1) is 47.0. The molecule has 8 nitrogen and oxygen atoms in total. The van der Waals surface area contributed by atoms with Crippen LogP contribution >= 0.6 is 7.82 Å². The van der Waals surface area contributed by atoms with E-state index in [1.807, 2.05) is 27.2 Å². The molecule has 0 aromatic carbocycles. The van der Waals surface area contributed by atoms with E-state index < -0.39 is 20.0 Å². The van der Waals surface area contributed by atoms with Crippen LogP contribution < -0.4 is 5.32 Å². The SMILES string of the molecule is CCCCCCCCC/C=C/CC/C=C/[C@@H](O)[C@H](COP(=O)(O)OCC[N+](C)(C)C)NC(=O)CCCCCCCCCCCCCCC. The fourth-order valence-electron chi connectivity index (χ4n) is 5.47. The molecule has 0 bridgehead atoms. The molecule has 0 radical (unpaired) electrons. The highest BCUT2D eigenvalue weighted by atomic mass is 31.2. The van der Waals surface area contributed by atoms with E-state index in [1.54, 1.807) is 6.08 Å². The highest BCUT2D eigenvalue weighted by Crippen LogP contribution is 2.43. The lowest BCUT2D eigenvalue weighted by Gasteiger charge is -2.25. The summed E-state index contributed by atoms with van der Waals surface area (Å²) in [5.41, 5.74) is 0. The van der Waals surface area contributed by atoms with Crippen LogP contribution in [0.2, 0.25) is 0 Å². The largest absolute Gasteiger partial charge is 0.472 e. The van der Waals surface area contributed by atoms with Gasteiger partial charge in [0.2, 0.25) is 5.91 Å². The van der Waals surface area contributed by atoms with Crippen molar-refractivity contribution in [2.24, 2.45) is 0 Å². The molecule has 3 N–H and O–H groups in total. The molecule has 3 atom stereocenters. The Bertz CT molecular complexity index is 845. The first-order chi connectivity index (χ1) is 23.0. The fraction of sp³-hybridized carbons (Fsp3) is 0.872. The first-order valence-electron chi connectivity index (χ1n) is 19.7. The van der Waals surface area contributed by atoms with Crippen LogP contribution in [0.1, 0.15) is 168 Å². The maximum absolute atomic E-state index is 12.8. The molecule has 0 aliphatic rings. The van der Waals surface area contributed by atoms with Crippen molar-refractivity contribution >= 4 is 13.7 Å². The summed E-state index contributed by atoms with van der Waals surface area (Å²) in [5, 5.41) is 13.7. The number of likely N-dealkylation sites (N-methyl/N-ethyl adjacent to an activating group) is 1. The van der Waals surface area contributed by atoms with Crippen molar-refractivity contribution in [3.8, 4) is 0 Å². The smallest absolute Gasteiger partial charge is 0.387 e. The minimum atomic E-state index is -4.33. The highest BCUT2D eigenvalue weighted by Gasteiger charge is 2.27. The van der Waals surface area contributed by atoms with Crippen molar-refractivity contribution in [3.63, 3.8) is 0 Å². The number of unbranched alkanes of at least 4 members (excludes halogenated alkanes) is 20. The molecule has 0 saturated carbocycles. The summed E-state index contributed by atoms with van der Waals surface area (Å²) >= 11 is 0.